The Morgan fingerprint density at radius 1 is 1.07 bits per heavy atom. The van der Waals surface area contributed by atoms with Crippen LogP contribution in [0.5, 0.6) is 0 Å². The summed E-state index contributed by atoms with van der Waals surface area (Å²) < 4.78 is 0.683. The van der Waals surface area contributed by atoms with Crippen LogP contribution in [0.2, 0.25) is 0 Å². The van der Waals surface area contributed by atoms with Gasteiger partial charge in [0.2, 0.25) is 0 Å². The molecule has 0 aromatic heterocycles. The molecule has 0 N–H and O–H groups in total. The molecule has 0 unspecified atom stereocenters. The first kappa shape index (κ1) is 10.8. The minimum Gasteiger partial charge on any atom is -0.300 e. The van der Waals surface area contributed by atoms with E-state index in [4.69, 9.17) is 0 Å². The summed E-state index contributed by atoms with van der Waals surface area (Å²) in [6.07, 6.45) is 6.09. The van der Waals surface area contributed by atoms with Gasteiger partial charge in [-0.2, -0.15) is 0 Å². The number of halogens is 2. The largest absolute Gasteiger partial charge is 0.300 e. The third-order valence-corrected chi connectivity index (χ3v) is 6.49. The number of rotatable bonds is 1. The van der Waals surface area contributed by atoms with Gasteiger partial charge in [-0.3, -0.25) is 4.79 Å². The van der Waals surface area contributed by atoms with Gasteiger partial charge in [-0.15, -0.1) is 0 Å². The lowest BCUT2D eigenvalue weighted by molar-refractivity contribution is -0.130. The summed E-state index contributed by atoms with van der Waals surface area (Å²) in [5.41, 5.74) is 0. The van der Waals surface area contributed by atoms with Crippen molar-refractivity contribution in [3.8, 4) is 0 Å². The summed E-state index contributed by atoms with van der Waals surface area (Å²) >= 11 is 7.86. The maximum atomic E-state index is 11.7. The van der Waals surface area contributed by atoms with Crippen molar-refractivity contribution in [2.75, 3.05) is 0 Å². The van der Waals surface area contributed by atoms with E-state index < -0.39 is 0 Å². The van der Waals surface area contributed by atoms with Crippen molar-refractivity contribution in [1.82, 2.24) is 0 Å². The molecule has 84 valence electrons. The highest BCUT2D eigenvalue weighted by Gasteiger charge is 2.60. The summed E-state index contributed by atoms with van der Waals surface area (Å²) in [6.45, 7) is 1.79. The molecule has 0 aromatic carbocycles. The van der Waals surface area contributed by atoms with Crippen molar-refractivity contribution in [3.63, 3.8) is 0 Å². The Morgan fingerprint density at radius 3 is 1.80 bits per heavy atom. The van der Waals surface area contributed by atoms with E-state index in [-0.39, 0.29) is 0 Å². The maximum absolute atomic E-state index is 11.7. The first-order chi connectivity index (χ1) is 6.91. The molecule has 3 heteroatoms. The summed E-state index contributed by atoms with van der Waals surface area (Å²) in [5, 5.41) is 0. The molecule has 0 atom stereocenters. The highest BCUT2D eigenvalue weighted by molar-refractivity contribution is 9.10. The lowest BCUT2D eigenvalue weighted by Crippen LogP contribution is -2.58. The highest BCUT2D eigenvalue weighted by atomic mass is 79.9. The van der Waals surface area contributed by atoms with Gasteiger partial charge in [0.15, 0.2) is 0 Å². The van der Waals surface area contributed by atoms with Crippen molar-refractivity contribution in [2.45, 2.75) is 47.7 Å². The fourth-order valence-electron chi connectivity index (χ4n) is 4.60. The standard InChI is InChI=1S/C12H16Br2O/c1-7(15)10-8-2-11(13)4-9(10)5-12(14,3-8)6-11/h8-10H,2-6H2,1H3. The Labute approximate surface area is 108 Å². The topological polar surface area (TPSA) is 17.1 Å². The van der Waals surface area contributed by atoms with Crippen LogP contribution in [0.3, 0.4) is 0 Å². The average molecular weight is 336 g/mol. The number of hydrogen-bond donors (Lipinski definition) is 0. The van der Waals surface area contributed by atoms with Gasteiger partial charge in [-0.25, -0.2) is 0 Å². The average Bonchev–Trinajstić information content (AvgIpc) is 1.94. The van der Waals surface area contributed by atoms with Crippen molar-refractivity contribution < 1.29 is 4.79 Å². The van der Waals surface area contributed by atoms with Gasteiger partial charge in [0.25, 0.3) is 0 Å². The minimum absolute atomic E-state index is 0.342. The quantitative estimate of drug-likeness (QED) is 0.668. The molecule has 15 heavy (non-hydrogen) atoms. The van der Waals surface area contributed by atoms with E-state index in [9.17, 15) is 4.79 Å². The molecule has 0 aromatic rings. The second-order valence-corrected chi connectivity index (χ2v) is 9.32. The number of hydrogen-bond acceptors (Lipinski definition) is 1. The van der Waals surface area contributed by atoms with Crippen LogP contribution in [0.4, 0.5) is 0 Å². The summed E-state index contributed by atoms with van der Waals surface area (Å²) in [4.78, 5) is 11.7. The lowest BCUT2D eigenvalue weighted by atomic mass is 9.51. The van der Waals surface area contributed by atoms with Crippen molar-refractivity contribution in [2.24, 2.45) is 17.8 Å². The molecular weight excluding hydrogens is 320 g/mol. The van der Waals surface area contributed by atoms with Gasteiger partial charge in [-0.05, 0) is 50.9 Å². The second-order valence-electron chi connectivity index (χ2n) is 5.95. The van der Waals surface area contributed by atoms with E-state index in [0.29, 0.717) is 32.2 Å². The van der Waals surface area contributed by atoms with Crippen LogP contribution in [0.25, 0.3) is 0 Å². The van der Waals surface area contributed by atoms with Gasteiger partial charge < -0.3 is 0 Å². The van der Waals surface area contributed by atoms with E-state index in [1.54, 1.807) is 6.92 Å². The third kappa shape index (κ3) is 1.56. The normalized spacial score (nSPS) is 57.1. The monoisotopic (exact) mass is 334 g/mol. The van der Waals surface area contributed by atoms with Crippen molar-refractivity contribution in [3.05, 3.63) is 0 Å². The molecule has 4 aliphatic rings. The molecule has 0 saturated heterocycles. The third-order valence-electron chi connectivity index (χ3n) is 4.63. The fourth-order valence-corrected chi connectivity index (χ4v) is 7.72. The predicted molar refractivity (Wildman–Crippen MR) is 67.6 cm³/mol. The fraction of sp³-hybridized carbons (Fsp3) is 0.917. The molecule has 4 saturated carbocycles. The first-order valence-electron chi connectivity index (χ1n) is 5.79. The van der Waals surface area contributed by atoms with Gasteiger partial charge in [0.1, 0.15) is 5.78 Å². The SMILES string of the molecule is CC(=O)C1C2CC3(Br)CC1CC(Br)(C2)C3. The van der Waals surface area contributed by atoms with Crippen LogP contribution in [0.15, 0.2) is 0 Å². The Hall–Kier alpha value is 0.630. The molecule has 0 spiro atoms. The molecule has 0 aliphatic heterocycles. The van der Waals surface area contributed by atoms with E-state index in [1.807, 2.05) is 0 Å². The second kappa shape index (κ2) is 3.10. The Bertz CT molecular complexity index is 290. The number of alkyl halides is 2. The van der Waals surface area contributed by atoms with Crippen molar-refractivity contribution in [1.29, 1.82) is 0 Å². The van der Waals surface area contributed by atoms with Crippen LogP contribution < -0.4 is 0 Å². The minimum atomic E-state index is 0.342. The van der Waals surface area contributed by atoms with Crippen LogP contribution >= 0.6 is 31.9 Å². The van der Waals surface area contributed by atoms with Crippen LogP contribution in [-0.2, 0) is 4.79 Å². The van der Waals surface area contributed by atoms with Gasteiger partial charge in [0, 0.05) is 14.6 Å². The van der Waals surface area contributed by atoms with Crippen LogP contribution in [0.1, 0.15) is 39.0 Å². The number of carbonyl (C=O) groups excluding carboxylic acids is 1. The van der Waals surface area contributed by atoms with Gasteiger partial charge in [0.05, 0.1) is 0 Å². The zero-order chi connectivity index (χ0) is 10.8. The van der Waals surface area contributed by atoms with Crippen LogP contribution in [0, 0.1) is 17.8 Å². The molecule has 4 rings (SSSR count). The predicted octanol–water partition coefficient (Wildman–Crippen LogP) is 3.68. The number of carbonyl (C=O) groups is 1. The highest BCUT2D eigenvalue weighted by Crippen LogP contribution is 2.65. The van der Waals surface area contributed by atoms with Crippen LogP contribution in [-0.4, -0.2) is 14.4 Å². The van der Waals surface area contributed by atoms with E-state index >= 15 is 0 Å². The van der Waals surface area contributed by atoms with Gasteiger partial charge in [-0.1, -0.05) is 31.9 Å². The van der Waals surface area contributed by atoms with E-state index in [2.05, 4.69) is 31.9 Å². The zero-order valence-electron chi connectivity index (χ0n) is 8.93. The number of ketones is 1. The van der Waals surface area contributed by atoms with E-state index in [1.165, 1.54) is 32.1 Å². The molecule has 0 radical (unpaired) electrons. The maximum Gasteiger partial charge on any atom is 0.133 e. The first-order valence-corrected chi connectivity index (χ1v) is 7.38. The molecule has 4 fully saturated rings. The molecule has 0 amide bonds. The zero-order valence-corrected chi connectivity index (χ0v) is 12.1. The Morgan fingerprint density at radius 2 is 1.47 bits per heavy atom. The smallest absolute Gasteiger partial charge is 0.133 e. The van der Waals surface area contributed by atoms with E-state index in [0.717, 1.165) is 0 Å². The molecule has 4 bridgehead atoms. The molecule has 0 heterocycles. The van der Waals surface area contributed by atoms with Gasteiger partial charge >= 0.3 is 0 Å². The molecular formula is C12H16Br2O. The summed E-state index contributed by atoms with van der Waals surface area (Å²) in [7, 11) is 0. The molecule has 1 nitrogen and oxygen atoms in total. The lowest BCUT2D eigenvalue weighted by Gasteiger charge is -2.61. The summed E-state index contributed by atoms with van der Waals surface area (Å²) in [6, 6.07) is 0. The van der Waals surface area contributed by atoms with Crippen molar-refractivity contribution >= 4 is 37.6 Å². The summed E-state index contributed by atoms with van der Waals surface area (Å²) in [5.74, 6) is 2.04. The molecule has 4 aliphatic carbocycles. The Kier molecular flexibility index (Phi) is 2.22. The Balaban J connectivity index is 1.97. The number of Topliss-reactive ketones (excluding diaryl/α,β-unsaturated/α-hetero) is 1.